The summed E-state index contributed by atoms with van der Waals surface area (Å²) in [6.07, 6.45) is 3.31. The van der Waals surface area contributed by atoms with Crippen molar-refractivity contribution in [3.8, 4) is 11.5 Å². The Morgan fingerprint density at radius 2 is 2.00 bits per heavy atom. The van der Waals surface area contributed by atoms with Gasteiger partial charge in [-0.25, -0.2) is 0 Å². The topological polar surface area (TPSA) is 60.7 Å². The van der Waals surface area contributed by atoms with E-state index < -0.39 is 0 Å². The zero-order valence-electron chi connectivity index (χ0n) is 11.6. The number of carbonyl (C=O) groups is 1. The van der Waals surface area contributed by atoms with Gasteiger partial charge in [0.2, 0.25) is 0 Å². The molecule has 0 bridgehead atoms. The Morgan fingerprint density at radius 3 is 2.81 bits per heavy atom. The van der Waals surface area contributed by atoms with Gasteiger partial charge in [0.15, 0.2) is 11.5 Å². The van der Waals surface area contributed by atoms with Crippen LogP contribution in [0.15, 0.2) is 41.0 Å². The Labute approximate surface area is 122 Å². The summed E-state index contributed by atoms with van der Waals surface area (Å²) in [5.74, 6) is 2.15. The molecule has 0 saturated heterocycles. The van der Waals surface area contributed by atoms with Crippen LogP contribution in [0.2, 0.25) is 0 Å². The highest BCUT2D eigenvalue weighted by atomic mass is 16.6. The fraction of sp³-hybridized carbons (Fsp3) is 0.312. The molecular formula is C16H17NO4. The molecule has 1 aliphatic rings. The largest absolute Gasteiger partial charge is 0.486 e. The molecule has 0 atom stereocenters. The number of benzene rings is 1. The fourth-order valence-corrected chi connectivity index (χ4v) is 2.21. The highest BCUT2D eigenvalue weighted by Crippen LogP contribution is 2.30. The quantitative estimate of drug-likeness (QED) is 0.858. The van der Waals surface area contributed by atoms with Crippen molar-refractivity contribution in [2.45, 2.75) is 12.8 Å². The Morgan fingerprint density at radius 1 is 1.14 bits per heavy atom. The Hall–Kier alpha value is -2.43. The summed E-state index contributed by atoms with van der Waals surface area (Å²) in [4.78, 5) is 12.1. The first kappa shape index (κ1) is 13.5. The van der Waals surface area contributed by atoms with Crippen LogP contribution in [0.25, 0.3) is 0 Å². The molecule has 0 fully saturated rings. The number of fused-ring (bicyclic) bond motifs is 1. The minimum atomic E-state index is -0.105. The Balaban J connectivity index is 1.51. The van der Waals surface area contributed by atoms with Crippen molar-refractivity contribution in [2.24, 2.45) is 0 Å². The van der Waals surface area contributed by atoms with Crippen LogP contribution in [0.5, 0.6) is 11.5 Å². The van der Waals surface area contributed by atoms with Crippen molar-refractivity contribution in [3.63, 3.8) is 0 Å². The predicted octanol–water partition coefficient (Wildman–Crippen LogP) is 2.41. The molecule has 2 aromatic rings. The lowest BCUT2D eigenvalue weighted by molar-refractivity contribution is 0.0951. The number of furan rings is 1. The van der Waals surface area contributed by atoms with Crippen LogP contribution in [0.4, 0.5) is 0 Å². The van der Waals surface area contributed by atoms with Crippen molar-refractivity contribution in [2.75, 3.05) is 19.8 Å². The van der Waals surface area contributed by atoms with E-state index in [1.54, 1.807) is 24.5 Å². The van der Waals surface area contributed by atoms with Crippen LogP contribution in [0, 0.1) is 0 Å². The summed E-state index contributed by atoms with van der Waals surface area (Å²) in [6.45, 7) is 1.67. The fourth-order valence-electron chi connectivity index (χ4n) is 2.21. The van der Waals surface area contributed by atoms with Crippen LogP contribution in [0.3, 0.4) is 0 Å². The minimum Gasteiger partial charge on any atom is -0.486 e. The molecular weight excluding hydrogens is 270 g/mol. The number of hydrogen-bond acceptors (Lipinski definition) is 4. The van der Waals surface area contributed by atoms with Gasteiger partial charge in [0, 0.05) is 18.5 Å². The second kappa shape index (κ2) is 6.35. The van der Waals surface area contributed by atoms with E-state index in [-0.39, 0.29) is 5.91 Å². The third kappa shape index (κ3) is 3.37. The molecule has 5 nitrogen and oxygen atoms in total. The molecule has 0 unspecified atom stereocenters. The summed E-state index contributed by atoms with van der Waals surface area (Å²) < 4.78 is 16.1. The van der Waals surface area contributed by atoms with E-state index in [0.717, 1.165) is 18.6 Å². The van der Waals surface area contributed by atoms with Gasteiger partial charge in [0.25, 0.3) is 5.91 Å². The van der Waals surface area contributed by atoms with E-state index in [9.17, 15) is 4.79 Å². The van der Waals surface area contributed by atoms with E-state index in [0.29, 0.717) is 36.8 Å². The van der Waals surface area contributed by atoms with Gasteiger partial charge in [-0.2, -0.15) is 0 Å². The van der Waals surface area contributed by atoms with Gasteiger partial charge < -0.3 is 19.2 Å². The second-order valence-corrected chi connectivity index (χ2v) is 4.80. The summed E-state index contributed by atoms with van der Waals surface area (Å²) in [6, 6.07) is 9.03. The van der Waals surface area contributed by atoms with Gasteiger partial charge in [-0.05, 0) is 36.8 Å². The maximum atomic E-state index is 12.1. The first-order valence-electron chi connectivity index (χ1n) is 7.03. The van der Waals surface area contributed by atoms with E-state index in [2.05, 4.69) is 5.32 Å². The number of amides is 1. The molecule has 1 aliphatic heterocycles. The van der Waals surface area contributed by atoms with Crippen molar-refractivity contribution < 1.29 is 18.7 Å². The number of ether oxygens (including phenoxy) is 2. The van der Waals surface area contributed by atoms with Gasteiger partial charge in [-0.15, -0.1) is 0 Å². The average Bonchev–Trinajstić information content (AvgIpc) is 3.04. The lowest BCUT2D eigenvalue weighted by Crippen LogP contribution is -2.25. The van der Waals surface area contributed by atoms with E-state index >= 15 is 0 Å². The molecule has 3 rings (SSSR count). The molecule has 21 heavy (non-hydrogen) atoms. The molecule has 0 aliphatic carbocycles. The zero-order valence-corrected chi connectivity index (χ0v) is 11.6. The van der Waals surface area contributed by atoms with E-state index in [1.165, 1.54) is 0 Å². The molecule has 1 amide bonds. The molecule has 0 saturated carbocycles. The molecule has 1 N–H and O–H groups in total. The lowest BCUT2D eigenvalue weighted by atomic mass is 10.1. The Bertz CT molecular complexity index is 607. The normalized spacial score (nSPS) is 13.0. The standard InChI is InChI=1S/C16H17NO4/c18-16(17-7-1-3-13-4-2-8-19-13)12-5-6-14-15(11-12)21-10-9-20-14/h2,4-6,8,11H,1,3,7,9-10H2,(H,17,18). The highest BCUT2D eigenvalue weighted by molar-refractivity contribution is 5.94. The lowest BCUT2D eigenvalue weighted by Gasteiger charge is -2.18. The molecule has 110 valence electrons. The van der Waals surface area contributed by atoms with E-state index in [4.69, 9.17) is 13.9 Å². The predicted molar refractivity (Wildman–Crippen MR) is 76.8 cm³/mol. The number of carbonyl (C=O) groups excluding carboxylic acids is 1. The first-order chi connectivity index (χ1) is 10.3. The summed E-state index contributed by atoms with van der Waals surface area (Å²) in [5, 5.41) is 2.89. The zero-order chi connectivity index (χ0) is 14.5. The van der Waals surface area contributed by atoms with Gasteiger partial charge in [-0.1, -0.05) is 0 Å². The van der Waals surface area contributed by atoms with Crippen LogP contribution < -0.4 is 14.8 Å². The van der Waals surface area contributed by atoms with Crippen LogP contribution >= 0.6 is 0 Å². The maximum Gasteiger partial charge on any atom is 0.251 e. The molecule has 2 heterocycles. The van der Waals surface area contributed by atoms with Gasteiger partial charge in [0.1, 0.15) is 19.0 Å². The average molecular weight is 287 g/mol. The van der Waals surface area contributed by atoms with Gasteiger partial charge in [0.05, 0.1) is 6.26 Å². The van der Waals surface area contributed by atoms with Crippen molar-refractivity contribution in [1.82, 2.24) is 5.32 Å². The summed E-state index contributed by atoms with van der Waals surface area (Å²) >= 11 is 0. The molecule has 1 aromatic carbocycles. The highest BCUT2D eigenvalue weighted by Gasteiger charge is 2.14. The molecule has 5 heteroatoms. The SMILES string of the molecule is O=C(NCCCc1ccco1)c1ccc2c(c1)OCCO2. The van der Waals surface area contributed by atoms with Gasteiger partial charge in [-0.3, -0.25) is 4.79 Å². The molecule has 1 aromatic heterocycles. The van der Waals surface area contributed by atoms with Gasteiger partial charge >= 0.3 is 0 Å². The van der Waals surface area contributed by atoms with Crippen LogP contribution in [-0.2, 0) is 6.42 Å². The third-order valence-electron chi connectivity index (χ3n) is 3.27. The number of hydrogen-bond donors (Lipinski definition) is 1. The molecule has 0 radical (unpaired) electrons. The van der Waals surface area contributed by atoms with E-state index in [1.807, 2.05) is 12.1 Å². The number of rotatable bonds is 5. The summed E-state index contributed by atoms with van der Waals surface area (Å²) in [5.41, 5.74) is 0.581. The summed E-state index contributed by atoms with van der Waals surface area (Å²) in [7, 11) is 0. The number of aryl methyl sites for hydroxylation is 1. The monoisotopic (exact) mass is 287 g/mol. The van der Waals surface area contributed by atoms with Crippen molar-refractivity contribution in [1.29, 1.82) is 0 Å². The van der Waals surface area contributed by atoms with Crippen LogP contribution in [0.1, 0.15) is 22.5 Å². The Kier molecular flexibility index (Phi) is 4.09. The molecule has 0 spiro atoms. The van der Waals surface area contributed by atoms with Crippen molar-refractivity contribution in [3.05, 3.63) is 47.9 Å². The smallest absolute Gasteiger partial charge is 0.251 e. The minimum absolute atomic E-state index is 0.105. The van der Waals surface area contributed by atoms with Crippen molar-refractivity contribution >= 4 is 5.91 Å². The maximum absolute atomic E-state index is 12.1. The second-order valence-electron chi connectivity index (χ2n) is 4.80. The first-order valence-corrected chi connectivity index (χ1v) is 7.03. The third-order valence-corrected chi connectivity index (χ3v) is 3.27. The number of nitrogens with one attached hydrogen (secondary N) is 1. The van der Waals surface area contributed by atoms with Crippen LogP contribution in [-0.4, -0.2) is 25.7 Å².